The van der Waals surface area contributed by atoms with Crippen LogP contribution in [0.4, 0.5) is 10.1 Å². The van der Waals surface area contributed by atoms with Gasteiger partial charge in [0.15, 0.2) is 11.3 Å². The fourth-order valence-corrected chi connectivity index (χ4v) is 3.25. The van der Waals surface area contributed by atoms with Crippen LogP contribution in [0.3, 0.4) is 0 Å². The first-order valence-electron chi connectivity index (χ1n) is 8.22. The van der Waals surface area contributed by atoms with Gasteiger partial charge in [-0.1, -0.05) is 17.8 Å². The van der Waals surface area contributed by atoms with Crippen LogP contribution in [0.2, 0.25) is 0 Å². The molecule has 0 unspecified atom stereocenters. The summed E-state index contributed by atoms with van der Waals surface area (Å²) in [7, 11) is 0. The van der Waals surface area contributed by atoms with Crippen LogP contribution < -0.4 is 5.32 Å². The van der Waals surface area contributed by atoms with Crippen molar-refractivity contribution in [3.63, 3.8) is 0 Å². The van der Waals surface area contributed by atoms with E-state index in [2.05, 4.69) is 10.3 Å². The van der Waals surface area contributed by atoms with Crippen LogP contribution in [0, 0.1) is 12.7 Å². The van der Waals surface area contributed by atoms with Gasteiger partial charge in [0.05, 0.1) is 5.75 Å². The summed E-state index contributed by atoms with van der Waals surface area (Å²) >= 11 is 1.39. The van der Waals surface area contributed by atoms with E-state index in [9.17, 15) is 9.18 Å². The standard InChI is InChI=1S/C20H15FN2O3S/c1-12-2-8-17-16(10-12)23-20(26-17)27-11-15-7-9-18(25-15)19(24)22-14-5-3-13(21)4-6-14/h2-10H,11H2,1H3,(H,22,24). The summed E-state index contributed by atoms with van der Waals surface area (Å²) in [6.45, 7) is 2.00. The summed E-state index contributed by atoms with van der Waals surface area (Å²) < 4.78 is 24.2. The highest BCUT2D eigenvalue weighted by Gasteiger charge is 2.13. The van der Waals surface area contributed by atoms with Crippen LogP contribution >= 0.6 is 11.8 Å². The van der Waals surface area contributed by atoms with Crippen LogP contribution in [0.1, 0.15) is 21.9 Å². The van der Waals surface area contributed by atoms with Crippen LogP contribution in [-0.4, -0.2) is 10.9 Å². The Kier molecular flexibility index (Phi) is 4.68. The van der Waals surface area contributed by atoms with Gasteiger partial charge in [0, 0.05) is 5.69 Å². The zero-order chi connectivity index (χ0) is 18.8. The fraction of sp³-hybridized carbons (Fsp3) is 0.100. The molecule has 0 spiro atoms. The highest BCUT2D eigenvalue weighted by Crippen LogP contribution is 2.27. The Balaban J connectivity index is 1.39. The summed E-state index contributed by atoms with van der Waals surface area (Å²) in [6.07, 6.45) is 0. The molecule has 1 N–H and O–H groups in total. The Morgan fingerprint density at radius 3 is 2.74 bits per heavy atom. The first kappa shape index (κ1) is 17.4. The Labute approximate surface area is 158 Å². The molecular weight excluding hydrogens is 367 g/mol. The predicted molar refractivity (Wildman–Crippen MR) is 101 cm³/mol. The van der Waals surface area contributed by atoms with Crippen molar-refractivity contribution in [1.82, 2.24) is 4.98 Å². The molecule has 2 aromatic heterocycles. The van der Waals surface area contributed by atoms with Crippen molar-refractivity contribution in [3.05, 3.63) is 77.5 Å². The topological polar surface area (TPSA) is 68.3 Å². The summed E-state index contributed by atoms with van der Waals surface area (Å²) in [5.41, 5.74) is 3.17. The van der Waals surface area contributed by atoms with Gasteiger partial charge in [0.25, 0.3) is 11.1 Å². The number of hydrogen-bond acceptors (Lipinski definition) is 5. The monoisotopic (exact) mass is 382 g/mol. The maximum absolute atomic E-state index is 12.9. The Bertz CT molecular complexity index is 1100. The Morgan fingerprint density at radius 1 is 1.11 bits per heavy atom. The molecule has 5 nitrogen and oxygen atoms in total. The van der Waals surface area contributed by atoms with Crippen LogP contribution in [0.5, 0.6) is 0 Å². The molecule has 0 radical (unpaired) electrons. The molecule has 0 atom stereocenters. The third kappa shape index (κ3) is 4.03. The van der Waals surface area contributed by atoms with E-state index >= 15 is 0 Å². The number of rotatable bonds is 5. The summed E-state index contributed by atoms with van der Waals surface area (Å²) in [6, 6.07) is 14.7. The van der Waals surface area contributed by atoms with Gasteiger partial charge in [-0.2, -0.15) is 0 Å². The van der Waals surface area contributed by atoms with Crippen LogP contribution in [0.25, 0.3) is 11.1 Å². The van der Waals surface area contributed by atoms with Crippen molar-refractivity contribution in [3.8, 4) is 0 Å². The van der Waals surface area contributed by atoms with Crippen molar-refractivity contribution < 1.29 is 18.0 Å². The second-order valence-corrected chi connectivity index (χ2v) is 6.89. The minimum absolute atomic E-state index is 0.183. The largest absolute Gasteiger partial charge is 0.455 e. The SMILES string of the molecule is Cc1ccc2oc(SCc3ccc(C(=O)Nc4ccc(F)cc4)o3)nc2c1. The van der Waals surface area contributed by atoms with Gasteiger partial charge in [-0.15, -0.1) is 0 Å². The molecule has 0 fully saturated rings. The lowest BCUT2D eigenvalue weighted by Crippen LogP contribution is -2.10. The third-order valence-corrected chi connectivity index (χ3v) is 4.70. The maximum Gasteiger partial charge on any atom is 0.291 e. The average molecular weight is 382 g/mol. The number of aryl methyl sites for hydroxylation is 1. The minimum Gasteiger partial charge on any atom is -0.455 e. The van der Waals surface area contributed by atoms with Crippen molar-refractivity contribution in [2.24, 2.45) is 0 Å². The molecule has 2 aromatic carbocycles. The van der Waals surface area contributed by atoms with Gasteiger partial charge in [-0.3, -0.25) is 4.79 Å². The number of carbonyl (C=O) groups excluding carboxylic acids is 1. The van der Waals surface area contributed by atoms with E-state index in [4.69, 9.17) is 8.83 Å². The van der Waals surface area contributed by atoms with E-state index in [1.54, 1.807) is 12.1 Å². The lowest BCUT2D eigenvalue weighted by atomic mass is 10.2. The number of nitrogens with zero attached hydrogens (tertiary/aromatic N) is 1. The highest BCUT2D eigenvalue weighted by atomic mass is 32.2. The number of nitrogens with one attached hydrogen (secondary N) is 1. The normalized spacial score (nSPS) is 11.0. The number of benzene rings is 2. The van der Waals surface area contributed by atoms with Crippen LogP contribution in [-0.2, 0) is 5.75 Å². The van der Waals surface area contributed by atoms with E-state index in [-0.39, 0.29) is 11.6 Å². The molecule has 0 bridgehead atoms. The van der Waals surface area contributed by atoms with Crippen LogP contribution in [0.15, 0.2) is 68.7 Å². The zero-order valence-corrected chi connectivity index (χ0v) is 15.2. The average Bonchev–Trinajstić information content (AvgIpc) is 3.28. The lowest BCUT2D eigenvalue weighted by Gasteiger charge is -2.02. The second-order valence-electron chi connectivity index (χ2n) is 5.97. The first-order chi connectivity index (χ1) is 13.1. The van der Waals surface area contributed by atoms with Crippen molar-refractivity contribution in [2.75, 3.05) is 5.32 Å². The number of carbonyl (C=O) groups is 1. The molecule has 0 aliphatic heterocycles. The lowest BCUT2D eigenvalue weighted by molar-refractivity contribution is 0.0995. The molecule has 0 saturated heterocycles. The number of furan rings is 1. The Morgan fingerprint density at radius 2 is 1.93 bits per heavy atom. The molecule has 136 valence electrons. The van der Waals surface area contributed by atoms with E-state index in [1.807, 2.05) is 25.1 Å². The Hall–Kier alpha value is -3.06. The molecule has 0 aliphatic rings. The van der Waals surface area contributed by atoms with Gasteiger partial charge >= 0.3 is 0 Å². The molecule has 1 amide bonds. The van der Waals surface area contributed by atoms with Crippen molar-refractivity contribution in [2.45, 2.75) is 17.9 Å². The smallest absolute Gasteiger partial charge is 0.291 e. The third-order valence-electron chi connectivity index (χ3n) is 3.85. The second kappa shape index (κ2) is 7.28. The molecule has 27 heavy (non-hydrogen) atoms. The molecule has 4 aromatic rings. The number of anilines is 1. The van der Waals surface area contributed by atoms with E-state index in [0.29, 0.717) is 22.4 Å². The molecule has 0 aliphatic carbocycles. The minimum atomic E-state index is -0.393. The van der Waals surface area contributed by atoms with Gasteiger partial charge in [-0.05, 0) is 61.0 Å². The van der Waals surface area contributed by atoms with Gasteiger partial charge in [0.1, 0.15) is 17.1 Å². The summed E-state index contributed by atoms with van der Waals surface area (Å²) in [5, 5.41) is 3.20. The molecule has 0 saturated carbocycles. The van der Waals surface area contributed by atoms with Gasteiger partial charge < -0.3 is 14.2 Å². The number of fused-ring (bicyclic) bond motifs is 1. The van der Waals surface area contributed by atoms with E-state index < -0.39 is 5.91 Å². The molecule has 2 heterocycles. The van der Waals surface area contributed by atoms with Crippen molar-refractivity contribution in [1.29, 1.82) is 0 Å². The number of amides is 1. The predicted octanol–water partition coefficient (Wildman–Crippen LogP) is 5.41. The number of thioether (sulfide) groups is 1. The van der Waals surface area contributed by atoms with E-state index in [1.165, 1.54) is 36.0 Å². The number of oxazole rings is 1. The quantitative estimate of drug-likeness (QED) is 0.467. The summed E-state index contributed by atoms with van der Waals surface area (Å²) in [5.74, 6) is 0.538. The van der Waals surface area contributed by atoms with E-state index in [0.717, 1.165) is 16.7 Å². The molecule has 7 heteroatoms. The molecule has 4 rings (SSSR count). The van der Waals surface area contributed by atoms with Gasteiger partial charge in [-0.25, -0.2) is 9.37 Å². The van der Waals surface area contributed by atoms with Gasteiger partial charge in [0.2, 0.25) is 0 Å². The maximum atomic E-state index is 12.9. The first-order valence-corrected chi connectivity index (χ1v) is 9.21. The molecular formula is C20H15FN2O3S. The zero-order valence-electron chi connectivity index (χ0n) is 14.4. The van der Waals surface area contributed by atoms with Crippen molar-refractivity contribution >= 4 is 34.5 Å². The number of aromatic nitrogens is 1. The fourth-order valence-electron chi connectivity index (χ4n) is 2.51. The number of hydrogen-bond donors (Lipinski definition) is 1. The number of halogens is 1. The summed E-state index contributed by atoms with van der Waals surface area (Å²) in [4.78, 5) is 16.6. The highest BCUT2D eigenvalue weighted by molar-refractivity contribution is 7.98.